The predicted octanol–water partition coefficient (Wildman–Crippen LogP) is 2.18. The van der Waals surface area contributed by atoms with Gasteiger partial charge in [0.05, 0.1) is 6.42 Å². The molecular weight excluding hydrogens is 164 g/mol. The van der Waals surface area contributed by atoms with Crippen molar-refractivity contribution in [1.82, 2.24) is 0 Å². The zero-order valence-electron chi connectivity index (χ0n) is 8.08. The van der Waals surface area contributed by atoms with Gasteiger partial charge in [-0.05, 0) is 0 Å². The van der Waals surface area contributed by atoms with Crippen LogP contribution in [0.5, 0.6) is 0 Å². The minimum atomic E-state index is -0.437. The van der Waals surface area contributed by atoms with Crippen LogP contribution in [0.15, 0.2) is 10.2 Å². The topological polar surface area (TPSA) is 41.8 Å². The van der Waals surface area contributed by atoms with Crippen LogP contribution in [0.2, 0.25) is 0 Å². The van der Waals surface area contributed by atoms with Gasteiger partial charge < -0.3 is 0 Å². The average Bonchev–Trinajstić information content (AvgIpc) is 2.82. The van der Waals surface area contributed by atoms with Gasteiger partial charge in [0.1, 0.15) is 5.78 Å². The Labute approximate surface area is 78.6 Å². The van der Waals surface area contributed by atoms with E-state index in [0.29, 0.717) is 19.3 Å². The summed E-state index contributed by atoms with van der Waals surface area (Å²) in [6.45, 7) is 3.78. The molecule has 0 unspecified atom stereocenters. The molecule has 0 aromatic heterocycles. The van der Waals surface area contributed by atoms with Gasteiger partial charge in [0, 0.05) is 18.8 Å². The fraction of sp³-hybridized carbons (Fsp3) is 0.700. The number of rotatable bonds is 5. The molecule has 1 rings (SSSR count). The number of carbonyl (C=O) groups is 1. The second kappa shape index (κ2) is 3.69. The first kappa shape index (κ1) is 9.91. The molecule has 0 saturated carbocycles. The average molecular weight is 178 g/mol. The van der Waals surface area contributed by atoms with Gasteiger partial charge in [-0.25, -0.2) is 0 Å². The van der Waals surface area contributed by atoms with Crippen molar-refractivity contribution < 1.29 is 4.79 Å². The minimum Gasteiger partial charge on any atom is -0.299 e. The van der Waals surface area contributed by atoms with Crippen LogP contribution < -0.4 is 0 Å². The molecule has 0 spiro atoms. The van der Waals surface area contributed by atoms with Crippen molar-refractivity contribution in [2.45, 2.75) is 38.8 Å². The zero-order valence-corrected chi connectivity index (χ0v) is 8.08. The van der Waals surface area contributed by atoms with Gasteiger partial charge in [-0.15, -0.1) is 12.3 Å². The third-order valence-electron chi connectivity index (χ3n) is 2.15. The molecule has 1 heterocycles. The van der Waals surface area contributed by atoms with Gasteiger partial charge in [-0.3, -0.25) is 4.79 Å². The van der Waals surface area contributed by atoms with E-state index in [4.69, 9.17) is 6.42 Å². The quantitative estimate of drug-likeness (QED) is 0.595. The zero-order chi connectivity index (χ0) is 9.90. The Hall–Kier alpha value is -1.17. The fourth-order valence-electron chi connectivity index (χ4n) is 1.09. The SMILES string of the molecule is C#CCCC1(CC(=O)C(C)C)N=N1. The van der Waals surface area contributed by atoms with Crippen LogP contribution in [-0.2, 0) is 4.79 Å². The number of Topliss-reactive ketones (excluding diaryl/α,β-unsaturated/α-hetero) is 1. The number of hydrogen-bond donors (Lipinski definition) is 0. The summed E-state index contributed by atoms with van der Waals surface area (Å²) >= 11 is 0. The first-order chi connectivity index (χ1) is 6.09. The van der Waals surface area contributed by atoms with E-state index in [0.717, 1.165) is 0 Å². The van der Waals surface area contributed by atoms with Gasteiger partial charge >= 0.3 is 0 Å². The highest BCUT2D eigenvalue weighted by molar-refractivity contribution is 5.81. The lowest BCUT2D eigenvalue weighted by Crippen LogP contribution is -2.20. The lowest BCUT2D eigenvalue weighted by Gasteiger charge is -2.09. The van der Waals surface area contributed by atoms with Crippen molar-refractivity contribution in [3.63, 3.8) is 0 Å². The van der Waals surface area contributed by atoms with Crippen molar-refractivity contribution in [1.29, 1.82) is 0 Å². The van der Waals surface area contributed by atoms with Crippen LogP contribution in [0, 0.1) is 18.3 Å². The first-order valence-corrected chi connectivity index (χ1v) is 4.50. The molecule has 70 valence electrons. The summed E-state index contributed by atoms with van der Waals surface area (Å²) in [5.41, 5.74) is -0.437. The van der Waals surface area contributed by atoms with Crippen molar-refractivity contribution in [3.8, 4) is 12.3 Å². The van der Waals surface area contributed by atoms with E-state index < -0.39 is 5.66 Å². The molecule has 3 heteroatoms. The van der Waals surface area contributed by atoms with Crippen LogP contribution in [0.25, 0.3) is 0 Å². The summed E-state index contributed by atoms with van der Waals surface area (Å²) in [7, 11) is 0. The van der Waals surface area contributed by atoms with Crippen molar-refractivity contribution >= 4 is 5.78 Å². The van der Waals surface area contributed by atoms with E-state index in [1.165, 1.54) is 0 Å². The molecule has 0 aromatic rings. The van der Waals surface area contributed by atoms with E-state index in [2.05, 4.69) is 16.1 Å². The van der Waals surface area contributed by atoms with Crippen LogP contribution in [0.3, 0.4) is 0 Å². The number of hydrogen-bond acceptors (Lipinski definition) is 3. The van der Waals surface area contributed by atoms with E-state index in [9.17, 15) is 4.79 Å². The maximum absolute atomic E-state index is 11.4. The third-order valence-corrected chi connectivity index (χ3v) is 2.15. The smallest absolute Gasteiger partial charge is 0.198 e. The van der Waals surface area contributed by atoms with Crippen molar-refractivity contribution in [2.24, 2.45) is 16.1 Å². The third kappa shape index (κ3) is 2.66. The fourth-order valence-corrected chi connectivity index (χ4v) is 1.09. The molecule has 13 heavy (non-hydrogen) atoms. The molecule has 3 nitrogen and oxygen atoms in total. The summed E-state index contributed by atoms with van der Waals surface area (Å²) in [5.74, 6) is 2.81. The van der Waals surface area contributed by atoms with E-state index in [1.54, 1.807) is 0 Å². The van der Waals surface area contributed by atoms with Gasteiger partial charge in [-0.2, -0.15) is 10.2 Å². The lowest BCUT2D eigenvalue weighted by atomic mass is 9.96. The Kier molecular flexibility index (Phi) is 2.82. The van der Waals surface area contributed by atoms with Gasteiger partial charge in [-0.1, -0.05) is 13.8 Å². The summed E-state index contributed by atoms with van der Waals surface area (Å²) in [6, 6.07) is 0. The Morgan fingerprint density at radius 1 is 1.54 bits per heavy atom. The normalized spacial score (nSPS) is 17.1. The van der Waals surface area contributed by atoms with Gasteiger partial charge in [0.25, 0.3) is 0 Å². The summed E-state index contributed by atoms with van der Waals surface area (Å²) in [5, 5.41) is 7.80. The second-order valence-corrected chi connectivity index (χ2v) is 3.68. The maximum atomic E-state index is 11.4. The van der Waals surface area contributed by atoms with Crippen LogP contribution in [-0.4, -0.2) is 11.4 Å². The number of nitrogens with zero attached hydrogens (tertiary/aromatic N) is 2. The molecule has 0 saturated heterocycles. The predicted molar refractivity (Wildman–Crippen MR) is 50.1 cm³/mol. The molecule has 0 N–H and O–H groups in total. The highest BCUT2D eigenvalue weighted by Gasteiger charge is 2.41. The highest BCUT2D eigenvalue weighted by atomic mass is 16.1. The molecule has 0 bridgehead atoms. The van der Waals surface area contributed by atoms with E-state index >= 15 is 0 Å². The van der Waals surface area contributed by atoms with Crippen molar-refractivity contribution in [3.05, 3.63) is 0 Å². The van der Waals surface area contributed by atoms with Gasteiger partial charge in [0.2, 0.25) is 0 Å². The Morgan fingerprint density at radius 3 is 2.54 bits per heavy atom. The van der Waals surface area contributed by atoms with Crippen molar-refractivity contribution in [2.75, 3.05) is 0 Å². The maximum Gasteiger partial charge on any atom is 0.198 e. The van der Waals surface area contributed by atoms with Crippen LogP contribution in [0.4, 0.5) is 0 Å². The van der Waals surface area contributed by atoms with E-state index in [1.807, 2.05) is 13.8 Å². The van der Waals surface area contributed by atoms with Gasteiger partial charge in [0.15, 0.2) is 5.66 Å². The molecular formula is C10H14N2O. The molecule has 1 aliphatic heterocycles. The summed E-state index contributed by atoms with van der Waals surface area (Å²) in [6.07, 6.45) is 6.91. The standard InChI is InChI=1S/C10H14N2O/c1-4-5-6-10(11-12-10)7-9(13)8(2)3/h1,8H,5-7H2,2-3H3. The monoisotopic (exact) mass is 178 g/mol. The molecule has 0 aromatic carbocycles. The molecule has 0 aliphatic carbocycles. The number of terminal acetylenes is 1. The highest BCUT2D eigenvalue weighted by Crippen LogP contribution is 2.37. The summed E-state index contributed by atoms with van der Waals surface area (Å²) < 4.78 is 0. The Morgan fingerprint density at radius 2 is 2.15 bits per heavy atom. The lowest BCUT2D eigenvalue weighted by molar-refractivity contribution is -0.122. The molecule has 1 aliphatic rings. The Bertz CT molecular complexity index is 267. The largest absolute Gasteiger partial charge is 0.299 e. The summed E-state index contributed by atoms with van der Waals surface area (Å²) in [4.78, 5) is 11.4. The Balaban J connectivity index is 2.36. The minimum absolute atomic E-state index is 0.0636. The molecule has 0 amide bonds. The molecule has 0 fully saturated rings. The second-order valence-electron chi connectivity index (χ2n) is 3.68. The van der Waals surface area contributed by atoms with E-state index in [-0.39, 0.29) is 11.7 Å². The van der Waals surface area contributed by atoms with Crippen LogP contribution >= 0.6 is 0 Å². The molecule has 0 radical (unpaired) electrons. The molecule has 0 atom stereocenters. The van der Waals surface area contributed by atoms with Crippen LogP contribution in [0.1, 0.15) is 33.1 Å². The number of ketones is 1. The first-order valence-electron chi connectivity index (χ1n) is 4.50. The number of carbonyl (C=O) groups excluding carboxylic acids is 1.